The Morgan fingerprint density at radius 3 is 2.00 bits per heavy atom. The smallest absolute Gasteiger partial charge is 0.127 e. The molecule has 0 radical (unpaired) electrons. The van der Waals surface area contributed by atoms with Crippen molar-refractivity contribution in [1.82, 2.24) is 0 Å². The van der Waals surface area contributed by atoms with Crippen LogP contribution >= 0.6 is 15.9 Å². The van der Waals surface area contributed by atoms with Gasteiger partial charge in [0.05, 0.1) is 0 Å². The molecule has 0 saturated carbocycles. The van der Waals surface area contributed by atoms with Crippen LogP contribution in [0.4, 0.5) is 0 Å². The lowest BCUT2D eigenvalue weighted by molar-refractivity contribution is 0.482. The van der Waals surface area contributed by atoms with Crippen LogP contribution in [-0.2, 0) is 6.42 Å². The van der Waals surface area contributed by atoms with E-state index in [2.05, 4.69) is 28.1 Å². The largest absolute Gasteiger partial charge is 0.457 e. The maximum atomic E-state index is 5.75. The number of hydrogen-bond donors (Lipinski definition) is 1. The summed E-state index contributed by atoms with van der Waals surface area (Å²) in [5.74, 6) is 1.70. The van der Waals surface area contributed by atoms with Gasteiger partial charge >= 0.3 is 0 Å². The van der Waals surface area contributed by atoms with Crippen molar-refractivity contribution in [3.63, 3.8) is 0 Å². The molecule has 0 bridgehead atoms. The zero-order valence-corrected chi connectivity index (χ0v) is 11.7. The van der Waals surface area contributed by atoms with Gasteiger partial charge in [0.25, 0.3) is 0 Å². The van der Waals surface area contributed by atoms with E-state index in [-0.39, 0.29) is 0 Å². The first kappa shape index (κ1) is 13.1. The Balaban J connectivity index is 1.99. The van der Waals surface area contributed by atoms with Gasteiger partial charge in [-0.15, -0.1) is 0 Å². The summed E-state index contributed by atoms with van der Waals surface area (Å²) in [6.07, 6.45) is 2.04. The molecule has 0 atom stereocenters. The fourth-order valence-electron chi connectivity index (χ4n) is 1.67. The molecule has 2 aromatic rings. The molecule has 0 aliphatic heterocycles. The Hall–Kier alpha value is -1.32. The van der Waals surface area contributed by atoms with Gasteiger partial charge in [0.2, 0.25) is 0 Å². The highest BCUT2D eigenvalue weighted by atomic mass is 79.9. The van der Waals surface area contributed by atoms with Gasteiger partial charge in [-0.1, -0.05) is 28.1 Å². The number of rotatable bonds is 5. The van der Waals surface area contributed by atoms with E-state index in [4.69, 9.17) is 10.5 Å². The second kappa shape index (κ2) is 6.57. The van der Waals surface area contributed by atoms with Crippen LogP contribution in [0.5, 0.6) is 11.5 Å². The number of halogens is 1. The van der Waals surface area contributed by atoms with Gasteiger partial charge in [0.15, 0.2) is 0 Å². The third-order valence-electron chi connectivity index (χ3n) is 2.64. The monoisotopic (exact) mass is 305 g/mol. The maximum Gasteiger partial charge on any atom is 0.127 e. The lowest BCUT2D eigenvalue weighted by Gasteiger charge is -2.06. The van der Waals surface area contributed by atoms with Crippen LogP contribution in [0.2, 0.25) is 0 Å². The minimum absolute atomic E-state index is 0.733. The van der Waals surface area contributed by atoms with E-state index in [9.17, 15) is 0 Å². The van der Waals surface area contributed by atoms with Crippen molar-refractivity contribution in [2.45, 2.75) is 12.8 Å². The summed E-state index contributed by atoms with van der Waals surface area (Å²) in [6, 6.07) is 16.0. The van der Waals surface area contributed by atoms with Crippen LogP contribution in [0.15, 0.2) is 53.0 Å². The van der Waals surface area contributed by atoms with Crippen molar-refractivity contribution >= 4 is 15.9 Å². The number of ether oxygens (including phenoxy) is 1. The molecule has 2 N–H and O–H groups in total. The van der Waals surface area contributed by atoms with Crippen molar-refractivity contribution in [2.75, 3.05) is 6.54 Å². The number of benzene rings is 2. The molecule has 0 aliphatic carbocycles. The highest BCUT2D eigenvalue weighted by molar-refractivity contribution is 9.10. The van der Waals surface area contributed by atoms with E-state index in [1.54, 1.807) is 0 Å². The fraction of sp³-hybridized carbons (Fsp3) is 0.200. The molecule has 0 fully saturated rings. The Kier molecular flexibility index (Phi) is 4.79. The Morgan fingerprint density at radius 1 is 0.889 bits per heavy atom. The molecule has 0 aromatic heterocycles. The van der Waals surface area contributed by atoms with E-state index in [0.717, 1.165) is 35.4 Å². The molecular formula is C15H16BrNO. The molecule has 0 unspecified atom stereocenters. The average Bonchev–Trinajstić information content (AvgIpc) is 2.41. The molecule has 0 aliphatic rings. The first-order valence-corrected chi connectivity index (χ1v) is 6.79. The van der Waals surface area contributed by atoms with E-state index in [0.29, 0.717) is 0 Å². The molecule has 2 aromatic carbocycles. The summed E-state index contributed by atoms with van der Waals surface area (Å²) in [7, 11) is 0. The quantitative estimate of drug-likeness (QED) is 0.901. The topological polar surface area (TPSA) is 35.2 Å². The van der Waals surface area contributed by atoms with Crippen LogP contribution in [0.25, 0.3) is 0 Å². The van der Waals surface area contributed by atoms with Crippen LogP contribution in [0, 0.1) is 0 Å². The van der Waals surface area contributed by atoms with Crippen LogP contribution in [0.1, 0.15) is 12.0 Å². The maximum absolute atomic E-state index is 5.75. The lowest BCUT2D eigenvalue weighted by Crippen LogP contribution is -2.00. The normalized spacial score (nSPS) is 10.3. The Bertz CT molecular complexity index is 479. The van der Waals surface area contributed by atoms with Gasteiger partial charge in [-0.05, 0) is 61.3 Å². The third-order valence-corrected chi connectivity index (χ3v) is 3.17. The van der Waals surface area contributed by atoms with Gasteiger partial charge in [0.1, 0.15) is 11.5 Å². The molecule has 3 heteroatoms. The third kappa shape index (κ3) is 3.86. The molecule has 2 rings (SSSR count). The van der Waals surface area contributed by atoms with Gasteiger partial charge in [-0.3, -0.25) is 0 Å². The predicted molar refractivity (Wildman–Crippen MR) is 78.0 cm³/mol. The Morgan fingerprint density at radius 2 is 1.44 bits per heavy atom. The summed E-state index contributed by atoms with van der Waals surface area (Å²) >= 11 is 3.40. The minimum Gasteiger partial charge on any atom is -0.457 e. The molecule has 0 saturated heterocycles. The van der Waals surface area contributed by atoms with E-state index in [1.807, 2.05) is 36.4 Å². The second-order valence-corrected chi connectivity index (χ2v) is 5.01. The van der Waals surface area contributed by atoms with E-state index < -0.39 is 0 Å². The lowest BCUT2D eigenvalue weighted by atomic mass is 10.1. The van der Waals surface area contributed by atoms with Gasteiger partial charge in [-0.2, -0.15) is 0 Å². The summed E-state index contributed by atoms with van der Waals surface area (Å²) < 4.78 is 6.80. The Labute approximate surface area is 116 Å². The minimum atomic E-state index is 0.733. The van der Waals surface area contributed by atoms with Crippen LogP contribution in [-0.4, -0.2) is 6.54 Å². The van der Waals surface area contributed by atoms with Crippen molar-refractivity contribution in [3.05, 3.63) is 58.6 Å². The molecule has 0 heterocycles. The molecule has 18 heavy (non-hydrogen) atoms. The first-order chi connectivity index (χ1) is 8.78. The SMILES string of the molecule is NCCCc1ccc(Oc2ccc(Br)cc2)cc1. The zero-order chi connectivity index (χ0) is 12.8. The van der Waals surface area contributed by atoms with Gasteiger partial charge < -0.3 is 10.5 Å². The highest BCUT2D eigenvalue weighted by Gasteiger charge is 1.98. The number of aryl methyl sites for hydroxylation is 1. The number of nitrogens with two attached hydrogens (primary N) is 1. The molecular weight excluding hydrogens is 290 g/mol. The highest BCUT2D eigenvalue weighted by Crippen LogP contribution is 2.23. The summed E-state index contributed by atoms with van der Waals surface area (Å²) in [5, 5.41) is 0. The number of hydrogen-bond acceptors (Lipinski definition) is 2. The van der Waals surface area contributed by atoms with E-state index >= 15 is 0 Å². The van der Waals surface area contributed by atoms with Crippen molar-refractivity contribution in [2.24, 2.45) is 5.73 Å². The molecule has 0 spiro atoms. The standard InChI is InChI=1S/C15H16BrNO/c16-13-5-9-15(10-6-13)18-14-7-3-12(4-8-14)2-1-11-17/h3-10H,1-2,11,17H2. The van der Waals surface area contributed by atoms with Crippen LogP contribution in [0.3, 0.4) is 0 Å². The second-order valence-electron chi connectivity index (χ2n) is 4.09. The van der Waals surface area contributed by atoms with Gasteiger partial charge in [-0.25, -0.2) is 0 Å². The van der Waals surface area contributed by atoms with E-state index in [1.165, 1.54) is 5.56 Å². The summed E-state index contributed by atoms with van der Waals surface area (Å²) in [5.41, 5.74) is 6.79. The predicted octanol–water partition coefficient (Wildman–Crippen LogP) is 4.13. The average molecular weight is 306 g/mol. The van der Waals surface area contributed by atoms with Crippen molar-refractivity contribution < 1.29 is 4.74 Å². The zero-order valence-electron chi connectivity index (χ0n) is 10.1. The van der Waals surface area contributed by atoms with Gasteiger partial charge in [0, 0.05) is 4.47 Å². The molecule has 0 amide bonds. The molecule has 2 nitrogen and oxygen atoms in total. The summed E-state index contributed by atoms with van der Waals surface area (Å²) in [6.45, 7) is 0.733. The van der Waals surface area contributed by atoms with Crippen molar-refractivity contribution in [3.8, 4) is 11.5 Å². The van der Waals surface area contributed by atoms with Crippen LogP contribution < -0.4 is 10.5 Å². The molecule has 94 valence electrons. The first-order valence-electron chi connectivity index (χ1n) is 6.00. The fourth-order valence-corrected chi connectivity index (χ4v) is 1.93. The van der Waals surface area contributed by atoms with Crippen molar-refractivity contribution in [1.29, 1.82) is 0 Å². The summed E-state index contributed by atoms with van der Waals surface area (Å²) in [4.78, 5) is 0.